The summed E-state index contributed by atoms with van der Waals surface area (Å²) in [6, 6.07) is 2.41. The molecule has 0 atom stereocenters. The third kappa shape index (κ3) is 4.10. The minimum atomic E-state index is -0.507. The summed E-state index contributed by atoms with van der Waals surface area (Å²) in [6.45, 7) is 6.52. The molecule has 0 unspecified atom stereocenters. The van der Waals surface area contributed by atoms with Crippen LogP contribution in [0.25, 0.3) is 0 Å². The Morgan fingerprint density at radius 1 is 1.47 bits per heavy atom. The SMILES string of the molecule is CC(C)(C)CNc1cc(F)c(I)cc1[N+](=O)[O-]. The lowest BCUT2D eigenvalue weighted by Gasteiger charge is -2.19. The first-order valence-electron chi connectivity index (χ1n) is 5.08. The normalized spacial score (nSPS) is 11.4. The summed E-state index contributed by atoms with van der Waals surface area (Å²) in [7, 11) is 0. The van der Waals surface area contributed by atoms with Gasteiger partial charge in [0.05, 0.1) is 8.49 Å². The van der Waals surface area contributed by atoms with E-state index in [9.17, 15) is 14.5 Å². The number of nitrogens with zero attached hydrogens (tertiary/aromatic N) is 1. The van der Waals surface area contributed by atoms with E-state index in [0.29, 0.717) is 6.54 Å². The molecule has 0 fully saturated rings. The number of halogens is 2. The van der Waals surface area contributed by atoms with Crippen LogP contribution < -0.4 is 5.32 Å². The van der Waals surface area contributed by atoms with E-state index in [0.717, 1.165) is 0 Å². The first-order chi connectivity index (χ1) is 7.70. The van der Waals surface area contributed by atoms with Gasteiger partial charge in [-0.25, -0.2) is 4.39 Å². The Bertz CT molecular complexity index is 444. The maximum Gasteiger partial charge on any atom is 0.293 e. The van der Waals surface area contributed by atoms with Gasteiger partial charge in [0.1, 0.15) is 11.5 Å². The van der Waals surface area contributed by atoms with Gasteiger partial charge in [-0.1, -0.05) is 20.8 Å². The fourth-order valence-corrected chi connectivity index (χ4v) is 1.64. The molecule has 4 nitrogen and oxygen atoms in total. The van der Waals surface area contributed by atoms with Crippen molar-refractivity contribution >= 4 is 34.0 Å². The maximum atomic E-state index is 13.4. The van der Waals surface area contributed by atoms with E-state index in [1.807, 2.05) is 20.8 Å². The number of benzene rings is 1. The van der Waals surface area contributed by atoms with Gasteiger partial charge < -0.3 is 5.32 Å². The van der Waals surface area contributed by atoms with Crippen molar-refractivity contribution in [3.8, 4) is 0 Å². The summed E-state index contributed by atoms with van der Waals surface area (Å²) in [5, 5.41) is 13.8. The van der Waals surface area contributed by atoms with E-state index in [-0.39, 0.29) is 20.4 Å². The summed E-state index contributed by atoms with van der Waals surface area (Å²) < 4.78 is 13.6. The van der Waals surface area contributed by atoms with Crippen molar-refractivity contribution in [1.29, 1.82) is 0 Å². The first kappa shape index (κ1) is 14.1. The molecule has 1 aromatic carbocycles. The molecule has 0 bridgehead atoms. The van der Waals surface area contributed by atoms with Crippen molar-refractivity contribution in [2.24, 2.45) is 5.41 Å². The van der Waals surface area contributed by atoms with E-state index < -0.39 is 10.7 Å². The van der Waals surface area contributed by atoms with E-state index >= 15 is 0 Å². The summed E-state index contributed by atoms with van der Waals surface area (Å²) in [4.78, 5) is 10.3. The number of nitro groups is 1. The zero-order chi connectivity index (χ0) is 13.2. The minimum absolute atomic E-state index is 0.0344. The van der Waals surface area contributed by atoms with Gasteiger partial charge in [-0.05, 0) is 28.0 Å². The standard InChI is InChI=1S/C11H14FIN2O2/c1-11(2,3)6-14-9-4-7(12)8(13)5-10(9)15(16)17/h4-5,14H,6H2,1-3H3. The van der Waals surface area contributed by atoms with Crippen LogP contribution in [0.2, 0.25) is 0 Å². The molecule has 17 heavy (non-hydrogen) atoms. The smallest absolute Gasteiger partial charge is 0.293 e. The molecule has 94 valence electrons. The first-order valence-corrected chi connectivity index (χ1v) is 6.16. The number of hydrogen-bond donors (Lipinski definition) is 1. The lowest BCUT2D eigenvalue weighted by Crippen LogP contribution is -2.19. The third-order valence-electron chi connectivity index (χ3n) is 2.04. The molecule has 0 saturated carbocycles. The van der Waals surface area contributed by atoms with Crippen LogP contribution in [-0.2, 0) is 0 Å². The predicted octanol–water partition coefficient (Wildman–Crippen LogP) is 3.80. The number of rotatable bonds is 3. The van der Waals surface area contributed by atoms with Crippen molar-refractivity contribution in [3.05, 3.63) is 31.6 Å². The van der Waals surface area contributed by atoms with Crippen LogP contribution in [0.1, 0.15) is 20.8 Å². The Morgan fingerprint density at radius 3 is 2.53 bits per heavy atom. The van der Waals surface area contributed by atoms with E-state index in [1.165, 1.54) is 12.1 Å². The van der Waals surface area contributed by atoms with Crippen LogP contribution >= 0.6 is 22.6 Å². The van der Waals surface area contributed by atoms with Gasteiger partial charge in [-0.2, -0.15) is 0 Å². The lowest BCUT2D eigenvalue weighted by molar-refractivity contribution is -0.384. The molecule has 0 radical (unpaired) electrons. The van der Waals surface area contributed by atoms with Crippen molar-refractivity contribution in [3.63, 3.8) is 0 Å². The zero-order valence-electron chi connectivity index (χ0n) is 9.88. The highest BCUT2D eigenvalue weighted by Crippen LogP contribution is 2.29. The van der Waals surface area contributed by atoms with Crippen molar-refractivity contribution < 1.29 is 9.31 Å². The Hall–Kier alpha value is -0.920. The van der Waals surface area contributed by atoms with Crippen LogP contribution in [0.15, 0.2) is 12.1 Å². The molecule has 0 saturated heterocycles. The van der Waals surface area contributed by atoms with E-state index in [2.05, 4.69) is 5.32 Å². The van der Waals surface area contributed by atoms with E-state index in [1.54, 1.807) is 22.6 Å². The average Bonchev–Trinajstić information content (AvgIpc) is 2.17. The number of anilines is 1. The van der Waals surface area contributed by atoms with Crippen LogP contribution in [-0.4, -0.2) is 11.5 Å². The molecule has 0 amide bonds. The minimum Gasteiger partial charge on any atom is -0.379 e. The number of nitrogens with one attached hydrogen (secondary N) is 1. The van der Waals surface area contributed by atoms with Gasteiger partial charge in [0.25, 0.3) is 5.69 Å². The molecule has 0 aromatic heterocycles. The lowest BCUT2D eigenvalue weighted by atomic mass is 9.97. The summed E-state index contributed by atoms with van der Waals surface area (Å²) >= 11 is 1.74. The highest BCUT2D eigenvalue weighted by atomic mass is 127. The molecule has 1 rings (SSSR count). The number of hydrogen-bond acceptors (Lipinski definition) is 3. The quantitative estimate of drug-likeness (QED) is 0.512. The Balaban J connectivity index is 3.05. The summed E-state index contributed by atoms with van der Waals surface area (Å²) in [6.07, 6.45) is 0. The highest BCUT2D eigenvalue weighted by Gasteiger charge is 2.19. The van der Waals surface area contributed by atoms with Crippen molar-refractivity contribution in [2.45, 2.75) is 20.8 Å². The molecule has 1 aromatic rings. The summed E-state index contributed by atoms with van der Waals surface area (Å²) in [5.41, 5.74) is 0.0933. The number of nitro benzene ring substituents is 1. The molecule has 6 heteroatoms. The second kappa shape index (κ2) is 5.16. The van der Waals surface area contributed by atoms with Crippen LogP contribution in [0.5, 0.6) is 0 Å². The van der Waals surface area contributed by atoms with Gasteiger partial charge >= 0.3 is 0 Å². The van der Waals surface area contributed by atoms with Crippen LogP contribution in [0.4, 0.5) is 15.8 Å². The molecular weight excluding hydrogens is 338 g/mol. The molecule has 1 N–H and O–H groups in total. The fraction of sp³-hybridized carbons (Fsp3) is 0.455. The van der Waals surface area contributed by atoms with Gasteiger partial charge in [-0.3, -0.25) is 10.1 Å². The maximum absolute atomic E-state index is 13.4. The van der Waals surface area contributed by atoms with Crippen LogP contribution in [0.3, 0.4) is 0 Å². The average molecular weight is 352 g/mol. The largest absolute Gasteiger partial charge is 0.379 e. The zero-order valence-corrected chi connectivity index (χ0v) is 12.0. The van der Waals surface area contributed by atoms with Crippen molar-refractivity contribution in [2.75, 3.05) is 11.9 Å². The fourth-order valence-electron chi connectivity index (χ4n) is 1.19. The monoisotopic (exact) mass is 352 g/mol. The molecule has 0 spiro atoms. The van der Waals surface area contributed by atoms with Gasteiger partial charge in [0.2, 0.25) is 0 Å². The third-order valence-corrected chi connectivity index (χ3v) is 2.87. The summed E-state index contributed by atoms with van der Waals surface area (Å²) in [5.74, 6) is -0.451. The second-order valence-corrected chi connectivity index (χ2v) is 6.12. The molecule has 0 aliphatic heterocycles. The highest BCUT2D eigenvalue weighted by molar-refractivity contribution is 14.1. The van der Waals surface area contributed by atoms with Gasteiger partial charge in [0.15, 0.2) is 0 Å². The topological polar surface area (TPSA) is 55.2 Å². The Labute approximate surface area is 113 Å². The molecule has 0 aliphatic rings. The molecule has 0 heterocycles. The molecule has 0 aliphatic carbocycles. The Kier molecular flexibility index (Phi) is 4.29. The second-order valence-electron chi connectivity index (χ2n) is 4.95. The van der Waals surface area contributed by atoms with Gasteiger partial charge in [-0.15, -0.1) is 0 Å². The van der Waals surface area contributed by atoms with Crippen molar-refractivity contribution in [1.82, 2.24) is 0 Å². The van der Waals surface area contributed by atoms with Gasteiger partial charge in [0, 0.05) is 18.7 Å². The van der Waals surface area contributed by atoms with Crippen LogP contribution in [0, 0.1) is 24.9 Å². The molecular formula is C11H14FIN2O2. The Morgan fingerprint density at radius 2 is 2.06 bits per heavy atom. The van der Waals surface area contributed by atoms with E-state index in [4.69, 9.17) is 0 Å². The predicted molar refractivity (Wildman–Crippen MR) is 73.7 cm³/mol.